The molecule has 0 aliphatic rings. The Bertz CT molecular complexity index is 25.5. The Morgan fingerprint density at radius 2 is 2.00 bits per heavy atom. The first kappa shape index (κ1) is 9.48. The molecule has 5 N–H and O–H groups in total. The van der Waals surface area contributed by atoms with Crippen LogP contribution < -0.4 is 23.7 Å². The van der Waals surface area contributed by atoms with Gasteiger partial charge in [-0.3, -0.25) is 5.84 Å². The quantitative estimate of drug-likeness (QED) is 0.235. The molecule has 0 aromatic heterocycles. The number of quaternary nitrogens is 1. The topological polar surface area (TPSA) is 59.9 Å². The lowest BCUT2D eigenvalue weighted by Crippen LogP contribution is -3.00. The smallest absolute Gasteiger partial charge is 0.146 e. The van der Waals surface area contributed by atoms with E-state index in [1.165, 1.54) is 0 Å². The molecule has 0 amide bonds. The molecule has 40 valence electrons. The molecule has 0 bridgehead atoms. The van der Waals surface area contributed by atoms with Crippen molar-refractivity contribution in [1.29, 1.82) is 0 Å². The van der Waals surface area contributed by atoms with E-state index in [1.807, 2.05) is 0 Å². The SMILES string of the molecule is CC(O)N[NH3+].[Cl-]. The Hall–Kier alpha value is 0.170. The highest BCUT2D eigenvalue weighted by Crippen LogP contribution is 1.55. The summed E-state index contributed by atoms with van der Waals surface area (Å²) in [5, 5.41) is 8.19. The van der Waals surface area contributed by atoms with Gasteiger partial charge < -0.3 is 17.5 Å². The fraction of sp³-hybridized carbons (Fsp3) is 1.00. The minimum Gasteiger partial charge on any atom is -1.00 e. The van der Waals surface area contributed by atoms with Crippen LogP contribution in [-0.4, -0.2) is 11.3 Å². The molecule has 4 heteroatoms. The van der Waals surface area contributed by atoms with Crippen molar-refractivity contribution in [3.63, 3.8) is 0 Å². The molecule has 3 nitrogen and oxygen atoms in total. The predicted molar refractivity (Wildman–Crippen MR) is 17.7 cm³/mol. The van der Waals surface area contributed by atoms with Crippen LogP contribution in [0.25, 0.3) is 0 Å². The van der Waals surface area contributed by atoms with Crippen LogP contribution in [0.1, 0.15) is 6.92 Å². The minimum atomic E-state index is -0.477. The summed E-state index contributed by atoms with van der Waals surface area (Å²) in [5.74, 6) is 3.19. The number of aliphatic hydroxyl groups is 1. The standard InChI is InChI=1S/C2H8N2O.ClH/c1-2(5)4-3;/h2,4-5H,3H2,1H3;1H. The van der Waals surface area contributed by atoms with Crippen molar-refractivity contribution in [2.45, 2.75) is 13.2 Å². The van der Waals surface area contributed by atoms with Gasteiger partial charge in [0.1, 0.15) is 6.23 Å². The van der Waals surface area contributed by atoms with Gasteiger partial charge >= 0.3 is 0 Å². The Kier molecular flexibility index (Phi) is 8.17. The van der Waals surface area contributed by atoms with Crippen molar-refractivity contribution >= 4 is 0 Å². The molecule has 0 spiro atoms. The van der Waals surface area contributed by atoms with Gasteiger partial charge in [-0.2, -0.15) is 0 Å². The van der Waals surface area contributed by atoms with Gasteiger partial charge in [0.25, 0.3) is 0 Å². The van der Waals surface area contributed by atoms with E-state index in [0.29, 0.717) is 0 Å². The monoisotopic (exact) mass is 112 g/mol. The lowest BCUT2D eigenvalue weighted by Gasteiger charge is -1.91. The molecule has 1 unspecified atom stereocenters. The lowest BCUT2D eigenvalue weighted by molar-refractivity contribution is -0.464. The third-order valence-corrected chi connectivity index (χ3v) is 0.295. The largest absolute Gasteiger partial charge is 1.00 e. The van der Waals surface area contributed by atoms with Gasteiger partial charge in [0, 0.05) is 0 Å². The van der Waals surface area contributed by atoms with E-state index < -0.39 is 6.23 Å². The summed E-state index contributed by atoms with van der Waals surface area (Å²) in [6.07, 6.45) is -0.477. The van der Waals surface area contributed by atoms with E-state index >= 15 is 0 Å². The Balaban J connectivity index is 0. The van der Waals surface area contributed by atoms with Crippen LogP contribution in [0.5, 0.6) is 0 Å². The van der Waals surface area contributed by atoms with Crippen LogP contribution in [0, 0.1) is 0 Å². The number of rotatable bonds is 1. The summed E-state index contributed by atoms with van der Waals surface area (Å²) in [4.78, 5) is 0. The van der Waals surface area contributed by atoms with Crippen LogP contribution in [-0.2, 0) is 0 Å². The summed E-state index contributed by atoms with van der Waals surface area (Å²) < 4.78 is 0. The lowest BCUT2D eigenvalue weighted by atomic mass is 10.7. The van der Waals surface area contributed by atoms with E-state index in [1.54, 1.807) is 6.92 Å². The van der Waals surface area contributed by atoms with Crippen LogP contribution in [0.4, 0.5) is 0 Å². The van der Waals surface area contributed by atoms with Crippen LogP contribution in [0.15, 0.2) is 0 Å². The number of halogens is 1. The summed E-state index contributed by atoms with van der Waals surface area (Å²) in [6, 6.07) is 0. The van der Waals surface area contributed by atoms with Gasteiger partial charge in [0.2, 0.25) is 0 Å². The van der Waals surface area contributed by atoms with E-state index in [4.69, 9.17) is 5.11 Å². The molecule has 0 fully saturated rings. The molecule has 0 aromatic rings. The first-order valence-corrected chi connectivity index (χ1v) is 1.48. The predicted octanol–water partition coefficient (Wildman–Crippen LogP) is -4.92. The van der Waals surface area contributed by atoms with Crippen LogP contribution in [0.2, 0.25) is 0 Å². The zero-order valence-corrected chi connectivity index (χ0v) is 4.37. The minimum absolute atomic E-state index is 0. The van der Waals surface area contributed by atoms with Gasteiger partial charge in [-0.05, 0) is 6.92 Å². The molecule has 0 radical (unpaired) electrons. The second-order valence-corrected chi connectivity index (χ2v) is 0.880. The fourth-order valence-electron chi connectivity index (χ4n) is 0. The van der Waals surface area contributed by atoms with Crippen LogP contribution in [0.3, 0.4) is 0 Å². The Labute approximate surface area is 42.9 Å². The first-order valence-electron chi connectivity index (χ1n) is 1.48. The van der Waals surface area contributed by atoms with Crippen molar-refractivity contribution in [1.82, 2.24) is 5.43 Å². The molecule has 0 heterocycles. The van der Waals surface area contributed by atoms with E-state index in [9.17, 15) is 0 Å². The number of hydrogen-bond donors (Lipinski definition) is 3. The van der Waals surface area contributed by atoms with Gasteiger partial charge in [0.15, 0.2) is 0 Å². The third kappa shape index (κ3) is 8.90. The molecule has 0 aliphatic carbocycles. The second kappa shape index (κ2) is 5.17. The molecular weight excluding hydrogens is 103 g/mol. The molecule has 0 aromatic carbocycles. The van der Waals surface area contributed by atoms with Crippen molar-refractivity contribution in [2.75, 3.05) is 0 Å². The number of aliphatic hydroxyl groups excluding tert-OH is 1. The molecule has 0 saturated carbocycles. The maximum absolute atomic E-state index is 8.19. The first-order chi connectivity index (χ1) is 2.27. The zero-order chi connectivity index (χ0) is 4.28. The second-order valence-electron chi connectivity index (χ2n) is 0.880. The van der Waals surface area contributed by atoms with Crippen molar-refractivity contribution < 1.29 is 23.4 Å². The molecular formula is C2H9ClN2O. The van der Waals surface area contributed by atoms with Crippen molar-refractivity contribution in [2.24, 2.45) is 0 Å². The van der Waals surface area contributed by atoms with Crippen molar-refractivity contribution in [3.05, 3.63) is 0 Å². The van der Waals surface area contributed by atoms with Gasteiger partial charge in [-0.15, -0.1) is 5.43 Å². The van der Waals surface area contributed by atoms with Crippen molar-refractivity contribution in [3.8, 4) is 0 Å². The number of hydrogen-bond acceptors (Lipinski definition) is 2. The highest BCUT2D eigenvalue weighted by molar-refractivity contribution is 4.19. The van der Waals surface area contributed by atoms with Gasteiger partial charge in [-0.1, -0.05) is 0 Å². The third-order valence-electron chi connectivity index (χ3n) is 0.295. The Morgan fingerprint density at radius 3 is 2.00 bits per heavy atom. The normalized spacial score (nSPS) is 12.5. The van der Waals surface area contributed by atoms with E-state index in [0.717, 1.165) is 0 Å². The highest BCUT2D eigenvalue weighted by atomic mass is 35.5. The average Bonchev–Trinajstić information content (AvgIpc) is 1.38. The van der Waals surface area contributed by atoms with E-state index in [-0.39, 0.29) is 12.4 Å². The molecule has 0 saturated heterocycles. The molecule has 0 aliphatic heterocycles. The molecule has 6 heavy (non-hydrogen) atoms. The summed E-state index contributed by atoms with van der Waals surface area (Å²) in [7, 11) is 0. The average molecular weight is 113 g/mol. The van der Waals surface area contributed by atoms with E-state index in [2.05, 4.69) is 11.3 Å². The molecule has 0 rings (SSSR count). The Morgan fingerprint density at radius 1 is 1.83 bits per heavy atom. The van der Waals surface area contributed by atoms with Crippen LogP contribution >= 0.6 is 0 Å². The fourth-order valence-corrected chi connectivity index (χ4v) is 0. The highest BCUT2D eigenvalue weighted by Gasteiger charge is 1.82. The van der Waals surface area contributed by atoms with Gasteiger partial charge in [-0.25, -0.2) is 0 Å². The maximum atomic E-state index is 8.19. The summed E-state index contributed by atoms with van der Waals surface area (Å²) >= 11 is 0. The van der Waals surface area contributed by atoms with Gasteiger partial charge in [0.05, 0.1) is 0 Å². The maximum Gasteiger partial charge on any atom is 0.146 e. The molecule has 1 atom stereocenters. The summed E-state index contributed by atoms with van der Waals surface area (Å²) in [5.41, 5.74) is 2.33. The number of nitrogens with one attached hydrogen (secondary N) is 1. The zero-order valence-electron chi connectivity index (χ0n) is 3.61. The summed E-state index contributed by atoms with van der Waals surface area (Å²) in [6.45, 7) is 1.60.